The van der Waals surface area contributed by atoms with E-state index in [1.54, 1.807) is 7.05 Å². The Morgan fingerprint density at radius 1 is 1.35 bits per heavy atom. The second-order valence-corrected chi connectivity index (χ2v) is 6.36. The van der Waals surface area contributed by atoms with Gasteiger partial charge in [-0.15, -0.1) is 0 Å². The van der Waals surface area contributed by atoms with Crippen molar-refractivity contribution < 1.29 is 9.53 Å². The third-order valence-electron chi connectivity index (χ3n) is 2.62. The second kappa shape index (κ2) is 6.64. The maximum Gasteiger partial charge on any atom is 0.414 e. The summed E-state index contributed by atoms with van der Waals surface area (Å²) in [6.07, 6.45) is -0.349. The van der Waals surface area contributed by atoms with Crippen LogP contribution in [0.2, 0.25) is 0 Å². The molecule has 0 aliphatic heterocycles. The number of rotatable bonds is 4. The number of benzene rings is 1. The molecule has 20 heavy (non-hydrogen) atoms. The highest BCUT2D eigenvalue weighted by atomic mass is 16.6. The maximum atomic E-state index is 12.0. The van der Waals surface area contributed by atoms with E-state index >= 15 is 0 Å². The molecule has 0 atom stereocenters. The van der Waals surface area contributed by atoms with Crippen LogP contribution in [0, 0.1) is 5.92 Å². The first-order chi connectivity index (χ1) is 9.19. The topological polar surface area (TPSA) is 41.6 Å². The first-order valence-electron chi connectivity index (χ1n) is 6.99. The molecule has 0 saturated carbocycles. The van der Waals surface area contributed by atoms with Crippen LogP contribution in [0.5, 0.6) is 0 Å². The van der Waals surface area contributed by atoms with Gasteiger partial charge in [-0.2, -0.15) is 0 Å². The minimum Gasteiger partial charge on any atom is -0.443 e. The third-order valence-corrected chi connectivity index (χ3v) is 2.62. The van der Waals surface area contributed by atoms with E-state index in [2.05, 4.69) is 19.2 Å². The van der Waals surface area contributed by atoms with Gasteiger partial charge in [0.15, 0.2) is 0 Å². The Labute approximate surface area is 122 Å². The summed E-state index contributed by atoms with van der Waals surface area (Å²) in [6.45, 7) is 10.8. The minimum atomic E-state index is -0.487. The van der Waals surface area contributed by atoms with E-state index in [0.717, 1.165) is 17.9 Å². The lowest BCUT2D eigenvalue weighted by molar-refractivity contribution is 0.0589. The molecule has 0 spiro atoms. The number of nitrogens with zero attached hydrogens (tertiary/aromatic N) is 1. The average Bonchev–Trinajstić information content (AvgIpc) is 2.33. The van der Waals surface area contributed by atoms with E-state index in [0.29, 0.717) is 5.92 Å². The van der Waals surface area contributed by atoms with Crippen molar-refractivity contribution in [3.63, 3.8) is 0 Å². The largest absolute Gasteiger partial charge is 0.443 e. The second-order valence-electron chi connectivity index (χ2n) is 6.36. The summed E-state index contributed by atoms with van der Waals surface area (Å²) in [5, 5.41) is 3.35. The van der Waals surface area contributed by atoms with Gasteiger partial charge in [0.1, 0.15) is 5.60 Å². The Balaban J connectivity index is 2.75. The predicted octanol–water partition coefficient (Wildman–Crippen LogP) is 4.13. The van der Waals surface area contributed by atoms with Crippen molar-refractivity contribution >= 4 is 17.5 Å². The van der Waals surface area contributed by atoms with E-state index in [-0.39, 0.29) is 6.09 Å². The summed E-state index contributed by atoms with van der Waals surface area (Å²) < 4.78 is 5.36. The highest BCUT2D eigenvalue weighted by Crippen LogP contribution is 2.20. The van der Waals surface area contributed by atoms with Crippen LogP contribution in [0.1, 0.15) is 34.6 Å². The van der Waals surface area contributed by atoms with Gasteiger partial charge in [-0.05, 0) is 44.9 Å². The Bertz CT molecular complexity index is 450. The molecule has 0 saturated heterocycles. The lowest BCUT2D eigenvalue weighted by Gasteiger charge is -2.25. The molecule has 4 nitrogen and oxygen atoms in total. The summed E-state index contributed by atoms with van der Waals surface area (Å²) in [4.78, 5) is 13.5. The normalized spacial score (nSPS) is 11.3. The maximum absolute atomic E-state index is 12.0. The summed E-state index contributed by atoms with van der Waals surface area (Å²) in [6, 6.07) is 7.77. The van der Waals surface area contributed by atoms with Crippen molar-refractivity contribution in [2.24, 2.45) is 5.92 Å². The molecule has 1 aromatic carbocycles. The fourth-order valence-corrected chi connectivity index (χ4v) is 1.58. The van der Waals surface area contributed by atoms with Gasteiger partial charge in [0, 0.05) is 25.0 Å². The van der Waals surface area contributed by atoms with Crippen molar-refractivity contribution in [2.45, 2.75) is 40.2 Å². The van der Waals surface area contributed by atoms with Gasteiger partial charge in [0.25, 0.3) is 0 Å². The lowest BCUT2D eigenvalue weighted by atomic mass is 10.2. The number of nitrogens with one attached hydrogen (secondary N) is 1. The molecular weight excluding hydrogens is 252 g/mol. The monoisotopic (exact) mass is 278 g/mol. The van der Waals surface area contributed by atoms with Crippen LogP contribution >= 0.6 is 0 Å². The van der Waals surface area contributed by atoms with E-state index in [1.807, 2.05) is 45.0 Å². The highest BCUT2D eigenvalue weighted by molar-refractivity contribution is 5.87. The van der Waals surface area contributed by atoms with Crippen molar-refractivity contribution in [1.82, 2.24) is 0 Å². The zero-order valence-corrected chi connectivity index (χ0v) is 13.4. The molecule has 1 amide bonds. The number of hydrogen-bond donors (Lipinski definition) is 1. The van der Waals surface area contributed by atoms with Crippen LogP contribution < -0.4 is 10.2 Å². The minimum absolute atomic E-state index is 0.349. The highest BCUT2D eigenvalue weighted by Gasteiger charge is 2.20. The molecular formula is C16H26N2O2. The Hall–Kier alpha value is -1.71. The molecule has 0 aromatic heterocycles. The van der Waals surface area contributed by atoms with Crippen LogP contribution in [0.4, 0.5) is 16.2 Å². The molecule has 0 unspecified atom stereocenters. The van der Waals surface area contributed by atoms with Crippen LogP contribution in [0.25, 0.3) is 0 Å². The van der Waals surface area contributed by atoms with E-state index in [4.69, 9.17) is 4.74 Å². The molecule has 0 aliphatic carbocycles. The Morgan fingerprint density at radius 3 is 2.55 bits per heavy atom. The van der Waals surface area contributed by atoms with Crippen molar-refractivity contribution in [3.05, 3.63) is 24.3 Å². The molecule has 1 aromatic rings. The van der Waals surface area contributed by atoms with Crippen LogP contribution in [-0.4, -0.2) is 25.3 Å². The van der Waals surface area contributed by atoms with Crippen molar-refractivity contribution in [3.8, 4) is 0 Å². The molecule has 0 aliphatic rings. The summed E-state index contributed by atoms with van der Waals surface area (Å²) in [7, 11) is 1.72. The predicted molar refractivity (Wildman–Crippen MR) is 84.4 cm³/mol. The Morgan fingerprint density at radius 2 is 2.00 bits per heavy atom. The fourth-order valence-electron chi connectivity index (χ4n) is 1.58. The molecule has 0 radical (unpaired) electrons. The van der Waals surface area contributed by atoms with Crippen LogP contribution in [-0.2, 0) is 4.74 Å². The molecule has 1 rings (SSSR count). The third kappa shape index (κ3) is 5.51. The van der Waals surface area contributed by atoms with Gasteiger partial charge in [-0.1, -0.05) is 19.9 Å². The smallest absolute Gasteiger partial charge is 0.414 e. The SMILES string of the molecule is CC(C)CNc1cccc(N(C)C(=O)OC(C)(C)C)c1. The van der Waals surface area contributed by atoms with Crippen LogP contribution in [0.15, 0.2) is 24.3 Å². The number of hydrogen-bond acceptors (Lipinski definition) is 3. The van der Waals surface area contributed by atoms with Gasteiger partial charge >= 0.3 is 6.09 Å². The quantitative estimate of drug-likeness (QED) is 0.900. The number of amides is 1. The fraction of sp³-hybridized carbons (Fsp3) is 0.562. The zero-order chi connectivity index (χ0) is 15.3. The number of anilines is 2. The van der Waals surface area contributed by atoms with E-state index in [1.165, 1.54) is 4.90 Å². The first kappa shape index (κ1) is 16.3. The van der Waals surface area contributed by atoms with Crippen molar-refractivity contribution in [1.29, 1.82) is 0 Å². The van der Waals surface area contributed by atoms with Gasteiger partial charge in [-0.3, -0.25) is 4.90 Å². The van der Waals surface area contributed by atoms with Crippen LogP contribution in [0.3, 0.4) is 0 Å². The lowest BCUT2D eigenvalue weighted by Crippen LogP contribution is -2.34. The molecule has 112 valence electrons. The van der Waals surface area contributed by atoms with Gasteiger partial charge in [0.05, 0.1) is 0 Å². The summed E-state index contributed by atoms with van der Waals surface area (Å²) in [5.74, 6) is 0.572. The van der Waals surface area contributed by atoms with E-state index < -0.39 is 5.60 Å². The molecule has 1 N–H and O–H groups in total. The standard InChI is InChI=1S/C16H26N2O2/c1-12(2)11-17-13-8-7-9-14(10-13)18(6)15(19)20-16(3,4)5/h7-10,12,17H,11H2,1-6H3. The summed E-state index contributed by atoms with van der Waals surface area (Å²) >= 11 is 0. The molecule has 0 heterocycles. The molecule has 0 bridgehead atoms. The molecule has 0 fully saturated rings. The van der Waals surface area contributed by atoms with E-state index in [9.17, 15) is 4.79 Å². The summed E-state index contributed by atoms with van der Waals surface area (Å²) in [5.41, 5.74) is 1.33. The van der Waals surface area contributed by atoms with Gasteiger partial charge in [0.2, 0.25) is 0 Å². The molecule has 4 heteroatoms. The zero-order valence-electron chi connectivity index (χ0n) is 13.4. The first-order valence-corrected chi connectivity index (χ1v) is 6.99. The number of carbonyl (C=O) groups is 1. The average molecular weight is 278 g/mol. The Kier molecular flexibility index (Phi) is 5.43. The van der Waals surface area contributed by atoms with Gasteiger partial charge in [-0.25, -0.2) is 4.79 Å². The van der Waals surface area contributed by atoms with Crippen molar-refractivity contribution in [2.75, 3.05) is 23.8 Å². The number of ether oxygens (including phenoxy) is 1. The number of carbonyl (C=O) groups excluding carboxylic acids is 1. The van der Waals surface area contributed by atoms with Gasteiger partial charge < -0.3 is 10.1 Å².